The third kappa shape index (κ3) is 5.62. The largest absolute Gasteiger partial charge is 0.348 e. The summed E-state index contributed by atoms with van der Waals surface area (Å²) in [4.78, 5) is 53.0. The van der Waals surface area contributed by atoms with Crippen LogP contribution in [-0.2, 0) is 9.59 Å². The Morgan fingerprint density at radius 2 is 1.94 bits per heavy atom. The van der Waals surface area contributed by atoms with Crippen LogP contribution >= 0.6 is 0 Å². The number of hydrogen-bond acceptors (Lipinski definition) is 6. The molecule has 1 aromatic heterocycles. The molecule has 0 saturated carbocycles. The molecule has 1 aromatic carbocycles. The first-order valence-corrected chi connectivity index (χ1v) is 9.88. The summed E-state index contributed by atoms with van der Waals surface area (Å²) in [6, 6.07) is 7.77. The zero-order valence-electron chi connectivity index (χ0n) is 17.0. The second-order valence-electron chi connectivity index (χ2n) is 7.42. The van der Waals surface area contributed by atoms with E-state index in [4.69, 9.17) is 0 Å². The molecule has 31 heavy (non-hydrogen) atoms. The van der Waals surface area contributed by atoms with Crippen molar-refractivity contribution in [3.05, 3.63) is 64.0 Å². The molecular weight excluding hydrogens is 402 g/mol. The highest BCUT2D eigenvalue weighted by molar-refractivity contribution is 6.39. The predicted octanol–water partition coefficient (Wildman–Crippen LogP) is 1.91. The lowest BCUT2D eigenvalue weighted by Gasteiger charge is -2.32. The number of nitro benzene ring substituents is 1. The summed E-state index contributed by atoms with van der Waals surface area (Å²) in [5, 5.41) is 16.0. The van der Waals surface area contributed by atoms with Gasteiger partial charge in [-0.15, -0.1) is 0 Å². The molecule has 1 fully saturated rings. The quantitative estimate of drug-likeness (QED) is 0.427. The van der Waals surface area contributed by atoms with Gasteiger partial charge in [0.2, 0.25) is 0 Å². The van der Waals surface area contributed by atoms with Crippen LogP contribution in [0.25, 0.3) is 0 Å². The Kier molecular flexibility index (Phi) is 6.91. The number of pyridine rings is 1. The lowest BCUT2D eigenvalue weighted by molar-refractivity contribution is -0.384. The number of benzene rings is 1. The Labute approximate surface area is 178 Å². The maximum Gasteiger partial charge on any atom is 0.313 e. The van der Waals surface area contributed by atoms with Gasteiger partial charge >= 0.3 is 11.8 Å². The first kappa shape index (κ1) is 21.9. The molecule has 2 N–H and O–H groups in total. The minimum atomic E-state index is -0.962. The van der Waals surface area contributed by atoms with Crippen molar-refractivity contribution < 1.29 is 19.3 Å². The molecule has 2 aromatic rings. The monoisotopic (exact) mass is 425 g/mol. The fourth-order valence-corrected chi connectivity index (χ4v) is 3.41. The van der Waals surface area contributed by atoms with E-state index in [0.29, 0.717) is 37.1 Å². The third-order valence-corrected chi connectivity index (χ3v) is 5.17. The zero-order chi connectivity index (χ0) is 22.4. The zero-order valence-corrected chi connectivity index (χ0v) is 17.0. The molecule has 1 aliphatic heterocycles. The number of amides is 3. The maximum atomic E-state index is 12.4. The van der Waals surface area contributed by atoms with Gasteiger partial charge in [0.05, 0.1) is 10.5 Å². The van der Waals surface area contributed by atoms with E-state index in [1.807, 2.05) is 0 Å². The van der Waals surface area contributed by atoms with Gasteiger partial charge in [-0.25, -0.2) is 0 Å². The summed E-state index contributed by atoms with van der Waals surface area (Å²) < 4.78 is 0. The van der Waals surface area contributed by atoms with E-state index in [9.17, 15) is 24.5 Å². The van der Waals surface area contributed by atoms with Crippen molar-refractivity contribution in [3.63, 3.8) is 0 Å². The molecule has 3 rings (SSSR count). The summed E-state index contributed by atoms with van der Waals surface area (Å²) in [5.74, 6) is -1.77. The number of anilines is 1. The standard InChI is InChI=1S/C21H23N5O5/c1-14-4-5-17(18(11-14)26(30)31)24-20(28)19(27)23-12-15-6-9-25(10-7-15)21(29)16-3-2-8-22-13-16/h2-5,8,11,13,15H,6-7,9-10,12H2,1H3,(H,23,27)(H,24,28). The summed E-state index contributed by atoms with van der Waals surface area (Å²) in [6.45, 7) is 3.09. The van der Waals surface area contributed by atoms with Crippen LogP contribution < -0.4 is 10.6 Å². The molecular formula is C21H23N5O5. The SMILES string of the molecule is Cc1ccc(NC(=O)C(=O)NCC2CCN(C(=O)c3cccnc3)CC2)c([N+](=O)[O-])c1. The molecule has 10 nitrogen and oxygen atoms in total. The smallest absolute Gasteiger partial charge is 0.313 e. The second kappa shape index (κ2) is 9.79. The summed E-state index contributed by atoms with van der Waals surface area (Å²) >= 11 is 0. The van der Waals surface area contributed by atoms with E-state index in [0.717, 1.165) is 0 Å². The van der Waals surface area contributed by atoms with E-state index in [1.54, 1.807) is 36.2 Å². The maximum absolute atomic E-state index is 12.4. The van der Waals surface area contributed by atoms with Crippen molar-refractivity contribution in [1.82, 2.24) is 15.2 Å². The molecule has 1 aliphatic rings. The van der Waals surface area contributed by atoms with Crippen LogP contribution in [-0.4, -0.2) is 52.2 Å². The number of carbonyl (C=O) groups excluding carboxylic acids is 3. The van der Waals surface area contributed by atoms with Gasteiger partial charge in [-0.1, -0.05) is 6.07 Å². The van der Waals surface area contributed by atoms with E-state index in [-0.39, 0.29) is 29.7 Å². The number of likely N-dealkylation sites (tertiary alicyclic amines) is 1. The minimum Gasteiger partial charge on any atom is -0.348 e. The van der Waals surface area contributed by atoms with Crippen molar-refractivity contribution in [3.8, 4) is 0 Å². The number of nitro groups is 1. The highest BCUT2D eigenvalue weighted by atomic mass is 16.6. The van der Waals surface area contributed by atoms with Gasteiger partial charge < -0.3 is 15.5 Å². The molecule has 10 heteroatoms. The number of aromatic nitrogens is 1. The average Bonchev–Trinajstić information content (AvgIpc) is 2.78. The lowest BCUT2D eigenvalue weighted by atomic mass is 9.96. The van der Waals surface area contributed by atoms with E-state index < -0.39 is 16.7 Å². The minimum absolute atomic E-state index is 0.0297. The average molecular weight is 425 g/mol. The van der Waals surface area contributed by atoms with Crippen LogP contribution in [0.4, 0.5) is 11.4 Å². The van der Waals surface area contributed by atoms with Crippen LogP contribution in [0.5, 0.6) is 0 Å². The van der Waals surface area contributed by atoms with Crippen molar-refractivity contribution in [1.29, 1.82) is 0 Å². The van der Waals surface area contributed by atoms with Crippen LogP contribution in [0.15, 0.2) is 42.7 Å². The van der Waals surface area contributed by atoms with Crippen molar-refractivity contribution in [2.45, 2.75) is 19.8 Å². The van der Waals surface area contributed by atoms with E-state index in [2.05, 4.69) is 15.6 Å². The Balaban J connectivity index is 1.47. The Bertz CT molecular complexity index is 987. The summed E-state index contributed by atoms with van der Waals surface area (Å²) in [7, 11) is 0. The van der Waals surface area contributed by atoms with Gasteiger partial charge in [0.15, 0.2) is 0 Å². The van der Waals surface area contributed by atoms with Crippen LogP contribution in [0.2, 0.25) is 0 Å². The number of nitrogens with zero attached hydrogens (tertiary/aromatic N) is 3. The highest BCUT2D eigenvalue weighted by Gasteiger charge is 2.25. The van der Waals surface area contributed by atoms with Crippen LogP contribution in [0, 0.1) is 23.0 Å². The molecule has 0 radical (unpaired) electrons. The number of piperidine rings is 1. The third-order valence-electron chi connectivity index (χ3n) is 5.17. The molecule has 0 aliphatic carbocycles. The fourth-order valence-electron chi connectivity index (χ4n) is 3.41. The second-order valence-corrected chi connectivity index (χ2v) is 7.42. The Morgan fingerprint density at radius 1 is 1.19 bits per heavy atom. The van der Waals surface area contributed by atoms with Gasteiger partial charge in [0.25, 0.3) is 11.6 Å². The van der Waals surface area contributed by atoms with Crippen molar-refractivity contribution >= 4 is 29.1 Å². The van der Waals surface area contributed by atoms with E-state index in [1.165, 1.54) is 18.3 Å². The topological polar surface area (TPSA) is 135 Å². The van der Waals surface area contributed by atoms with Crippen LogP contribution in [0.1, 0.15) is 28.8 Å². The normalized spacial score (nSPS) is 14.0. The van der Waals surface area contributed by atoms with Gasteiger partial charge in [-0.2, -0.15) is 0 Å². The lowest BCUT2D eigenvalue weighted by Crippen LogP contribution is -2.43. The van der Waals surface area contributed by atoms with Gasteiger partial charge in [0.1, 0.15) is 5.69 Å². The number of hydrogen-bond donors (Lipinski definition) is 2. The molecule has 0 bridgehead atoms. The van der Waals surface area contributed by atoms with Crippen LogP contribution in [0.3, 0.4) is 0 Å². The van der Waals surface area contributed by atoms with Gasteiger partial charge in [0, 0.05) is 38.1 Å². The van der Waals surface area contributed by atoms with E-state index >= 15 is 0 Å². The molecule has 162 valence electrons. The van der Waals surface area contributed by atoms with Crippen molar-refractivity contribution in [2.24, 2.45) is 5.92 Å². The Hall–Kier alpha value is -3.82. The highest BCUT2D eigenvalue weighted by Crippen LogP contribution is 2.25. The summed E-state index contributed by atoms with van der Waals surface area (Å²) in [5.41, 5.74) is 0.906. The predicted molar refractivity (Wildman–Crippen MR) is 112 cm³/mol. The molecule has 1 saturated heterocycles. The molecule has 0 unspecified atom stereocenters. The van der Waals surface area contributed by atoms with Gasteiger partial charge in [-0.05, 0) is 49.4 Å². The molecule has 3 amide bonds. The first-order chi connectivity index (χ1) is 14.8. The van der Waals surface area contributed by atoms with Crippen molar-refractivity contribution in [2.75, 3.05) is 25.0 Å². The number of carbonyl (C=O) groups is 3. The fraction of sp³-hybridized carbons (Fsp3) is 0.333. The van der Waals surface area contributed by atoms with Gasteiger partial charge in [-0.3, -0.25) is 29.5 Å². The summed E-state index contributed by atoms with van der Waals surface area (Å²) in [6.07, 6.45) is 4.53. The molecule has 2 heterocycles. The number of nitrogens with one attached hydrogen (secondary N) is 2. The molecule has 0 atom stereocenters. The Morgan fingerprint density at radius 3 is 2.58 bits per heavy atom. The number of rotatable bonds is 5. The first-order valence-electron chi connectivity index (χ1n) is 9.88. The number of aryl methyl sites for hydroxylation is 1. The molecule has 0 spiro atoms.